The summed E-state index contributed by atoms with van der Waals surface area (Å²) in [5.74, 6) is -1.72. The highest BCUT2D eigenvalue weighted by Gasteiger charge is 2.21. The summed E-state index contributed by atoms with van der Waals surface area (Å²) in [6.07, 6.45) is 0. The quantitative estimate of drug-likeness (QED) is 0.472. The molecule has 0 aliphatic heterocycles. The third-order valence-corrected chi connectivity index (χ3v) is 3.78. The fraction of sp³-hybridized carbons (Fsp3) is 0.364. The summed E-state index contributed by atoms with van der Waals surface area (Å²) in [6.45, 7) is 1.51. The van der Waals surface area contributed by atoms with E-state index in [0.717, 1.165) is 12.1 Å². The van der Waals surface area contributed by atoms with E-state index in [1.807, 2.05) is 0 Å². The van der Waals surface area contributed by atoms with Crippen molar-refractivity contribution in [1.82, 2.24) is 0 Å². The third-order valence-electron chi connectivity index (χ3n) is 2.33. The van der Waals surface area contributed by atoms with Gasteiger partial charge in [-0.15, -0.1) is 0 Å². The fourth-order valence-corrected chi connectivity index (χ4v) is 2.62. The van der Waals surface area contributed by atoms with Crippen LogP contribution in [0.3, 0.4) is 0 Å². The summed E-state index contributed by atoms with van der Waals surface area (Å²) < 4.78 is 45.4. The Hall–Kier alpha value is -1.18. The maximum absolute atomic E-state index is 13.3. The summed E-state index contributed by atoms with van der Waals surface area (Å²) in [5.41, 5.74) is -0.144. The number of benzene rings is 1. The monoisotopic (exact) mass is 310 g/mol. The van der Waals surface area contributed by atoms with Gasteiger partial charge < -0.3 is 9.47 Å². The molecule has 1 aromatic carbocycles. The first-order valence-corrected chi connectivity index (χ1v) is 7.49. The molecule has 0 aromatic heterocycles. The van der Waals surface area contributed by atoms with Gasteiger partial charge in [-0.25, -0.2) is 17.6 Å². The highest BCUT2D eigenvalue weighted by Crippen LogP contribution is 2.24. The first kappa shape index (κ1) is 15.9. The lowest BCUT2D eigenvalue weighted by Crippen LogP contribution is -2.13. The van der Waals surface area contributed by atoms with E-state index in [9.17, 15) is 17.6 Å². The van der Waals surface area contributed by atoms with Crippen LogP contribution in [0.15, 0.2) is 17.0 Å². The number of methoxy groups -OCH3 is 1. The summed E-state index contributed by atoms with van der Waals surface area (Å²) in [5, 5.41) is 0. The molecule has 0 saturated heterocycles. The second-order valence-corrected chi connectivity index (χ2v) is 6.18. The molecule has 0 bridgehead atoms. The molecule has 0 radical (unpaired) electrons. The molecule has 0 spiro atoms. The van der Waals surface area contributed by atoms with Gasteiger partial charge in [-0.3, -0.25) is 0 Å². The van der Waals surface area contributed by atoms with E-state index in [4.69, 9.17) is 20.2 Å². The number of hydrogen-bond donors (Lipinski definition) is 0. The van der Waals surface area contributed by atoms with Crippen molar-refractivity contribution in [3.63, 3.8) is 0 Å². The zero-order chi connectivity index (χ0) is 14.6. The topological polar surface area (TPSA) is 69.7 Å². The maximum atomic E-state index is 13.3. The van der Waals surface area contributed by atoms with E-state index in [1.54, 1.807) is 0 Å². The lowest BCUT2D eigenvalue weighted by molar-refractivity contribution is 0.0386. The first-order valence-electron chi connectivity index (χ1n) is 5.18. The van der Waals surface area contributed by atoms with Crippen molar-refractivity contribution in [3.05, 3.63) is 29.1 Å². The van der Waals surface area contributed by atoms with Crippen molar-refractivity contribution in [1.29, 1.82) is 0 Å². The number of carbonyl (C=O) groups excluding carboxylic acids is 1. The molecule has 0 aliphatic rings. The normalized spacial score (nSPS) is 11.4. The predicted octanol–water partition coefficient (Wildman–Crippen LogP) is 1.86. The number of hydrogen-bond acceptors (Lipinski definition) is 5. The molecular weight excluding hydrogens is 299 g/mol. The van der Waals surface area contributed by atoms with E-state index in [2.05, 4.69) is 0 Å². The predicted molar refractivity (Wildman–Crippen MR) is 66.3 cm³/mol. The van der Waals surface area contributed by atoms with Crippen LogP contribution in [0, 0.1) is 12.7 Å². The van der Waals surface area contributed by atoms with Gasteiger partial charge in [-0.05, 0) is 24.6 Å². The average Bonchev–Trinajstić information content (AvgIpc) is 2.30. The van der Waals surface area contributed by atoms with Crippen molar-refractivity contribution in [2.24, 2.45) is 0 Å². The van der Waals surface area contributed by atoms with E-state index < -0.39 is 25.7 Å². The summed E-state index contributed by atoms with van der Waals surface area (Å²) in [7, 11) is 2.47. The molecule has 0 saturated carbocycles. The van der Waals surface area contributed by atoms with Gasteiger partial charge in [-0.1, -0.05) is 0 Å². The average molecular weight is 311 g/mol. The first-order chi connectivity index (χ1) is 8.77. The van der Waals surface area contributed by atoms with Crippen molar-refractivity contribution < 1.29 is 27.1 Å². The zero-order valence-corrected chi connectivity index (χ0v) is 11.8. The summed E-state index contributed by atoms with van der Waals surface area (Å²) in [4.78, 5) is 11.2. The van der Waals surface area contributed by atoms with Gasteiger partial charge in [0, 0.05) is 17.8 Å². The number of carbonyl (C=O) groups is 1. The van der Waals surface area contributed by atoms with Gasteiger partial charge in [-0.2, -0.15) is 0 Å². The smallest absolute Gasteiger partial charge is 0.338 e. The Morgan fingerprint density at radius 3 is 2.53 bits per heavy atom. The van der Waals surface area contributed by atoms with E-state index >= 15 is 0 Å². The molecule has 5 nitrogen and oxygen atoms in total. The Balaban J connectivity index is 3.15. The van der Waals surface area contributed by atoms with Crippen LogP contribution in [0.25, 0.3) is 0 Å². The van der Waals surface area contributed by atoms with E-state index in [-0.39, 0.29) is 24.3 Å². The highest BCUT2D eigenvalue weighted by atomic mass is 35.7. The van der Waals surface area contributed by atoms with Crippen molar-refractivity contribution in [2.75, 3.05) is 20.3 Å². The van der Waals surface area contributed by atoms with Gasteiger partial charge in [0.05, 0.1) is 17.1 Å². The maximum Gasteiger partial charge on any atom is 0.338 e. The zero-order valence-electron chi connectivity index (χ0n) is 10.3. The standard InChI is InChI=1S/C11H12ClFO5S/c1-7-9(11(14)18-4-3-17-2)5-8(13)6-10(7)19(12,15)16/h5-6H,3-4H2,1-2H3. The Kier molecular flexibility index (Phi) is 5.28. The molecule has 0 fully saturated rings. The second kappa shape index (κ2) is 6.31. The summed E-state index contributed by atoms with van der Waals surface area (Å²) >= 11 is 0. The molecule has 0 amide bonds. The molecule has 19 heavy (non-hydrogen) atoms. The second-order valence-electron chi connectivity index (χ2n) is 3.64. The Morgan fingerprint density at radius 2 is 2.00 bits per heavy atom. The molecule has 8 heteroatoms. The molecule has 1 aromatic rings. The Morgan fingerprint density at radius 1 is 1.37 bits per heavy atom. The molecule has 0 atom stereocenters. The van der Waals surface area contributed by atoms with Crippen LogP contribution in [0.2, 0.25) is 0 Å². The third kappa shape index (κ3) is 4.15. The number of rotatable bonds is 5. The molecule has 106 valence electrons. The molecule has 1 rings (SSSR count). The lowest BCUT2D eigenvalue weighted by atomic mass is 10.1. The van der Waals surface area contributed by atoms with Crippen LogP contribution in [-0.2, 0) is 18.5 Å². The van der Waals surface area contributed by atoms with Crippen molar-refractivity contribution >= 4 is 25.7 Å². The van der Waals surface area contributed by atoms with Crippen LogP contribution < -0.4 is 0 Å². The van der Waals surface area contributed by atoms with E-state index in [0.29, 0.717) is 0 Å². The highest BCUT2D eigenvalue weighted by molar-refractivity contribution is 8.13. The lowest BCUT2D eigenvalue weighted by Gasteiger charge is -2.09. The largest absolute Gasteiger partial charge is 0.460 e. The number of halogens is 2. The van der Waals surface area contributed by atoms with Crippen LogP contribution in [0.5, 0.6) is 0 Å². The van der Waals surface area contributed by atoms with Crippen LogP contribution in [-0.4, -0.2) is 34.7 Å². The van der Waals surface area contributed by atoms with Crippen LogP contribution in [0.1, 0.15) is 15.9 Å². The van der Waals surface area contributed by atoms with Gasteiger partial charge >= 0.3 is 5.97 Å². The summed E-state index contributed by atoms with van der Waals surface area (Å²) in [6, 6.07) is 1.65. The number of esters is 1. The minimum Gasteiger partial charge on any atom is -0.460 e. The van der Waals surface area contributed by atoms with Gasteiger partial charge in [0.25, 0.3) is 9.05 Å². The van der Waals surface area contributed by atoms with Crippen molar-refractivity contribution in [3.8, 4) is 0 Å². The minimum atomic E-state index is -4.14. The van der Waals surface area contributed by atoms with E-state index in [1.165, 1.54) is 14.0 Å². The number of ether oxygens (including phenoxy) is 2. The van der Waals surface area contributed by atoms with Gasteiger partial charge in [0.2, 0.25) is 0 Å². The van der Waals surface area contributed by atoms with Gasteiger partial charge in [0.1, 0.15) is 12.4 Å². The van der Waals surface area contributed by atoms with Crippen LogP contribution in [0.4, 0.5) is 4.39 Å². The van der Waals surface area contributed by atoms with Crippen LogP contribution >= 0.6 is 10.7 Å². The molecular formula is C11H12ClFO5S. The fourth-order valence-electron chi connectivity index (χ4n) is 1.41. The Labute approximate surface area is 114 Å². The Bertz CT molecular complexity index is 585. The molecule has 0 heterocycles. The SMILES string of the molecule is COCCOC(=O)c1cc(F)cc(S(=O)(=O)Cl)c1C. The molecule has 0 aliphatic carbocycles. The van der Waals surface area contributed by atoms with Gasteiger partial charge in [0.15, 0.2) is 0 Å². The molecule has 0 N–H and O–H groups in total. The minimum absolute atomic E-state index is 0.0196. The molecule has 0 unspecified atom stereocenters. The van der Waals surface area contributed by atoms with Crippen molar-refractivity contribution in [2.45, 2.75) is 11.8 Å².